The van der Waals surface area contributed by atoms with E-state index >= 15 is 13.2 Å². The quantitative estimate of drug-likeness (QED) is 0.367. The molecule has 1 unspecified atom stereocenters. The van der Waals surface area contributed by atoms with Gasteiger partial charge in [0.15, 0.2) is 28.9 Å². The molecule has 0 radical (unpaired) electrons. The molecule has 2 aromatic heterocycles. The number of hydrogen-bond acceptors (Lipinski definition) is 6. The minimum absolute atomic E-state index is 0.0264. The van der Waals surface area contributed by atoms with Crippen molar-refractivity contribution in [2.45, 2.75) is 64.4 Å². The van der Waals surface area contributed by atoms with E-state index in [1.807, 2.05) is 0 Å². The lowest BCUT2D eigenvalue weighted by Crippen LogP contribution is -2.55. The van der Waals surface area contributed by atoms with Crippen LogP contribution in [0.25, 0.3) is 16.7 Å². The Kier molecular flexibility index (Phi) is 8.45. The van der Waals surface area contributed by atoms with Crippen molar-refractivity contribution in [3.8, 4) is 5.69 Å². The lowest BCUT2D eigenvalue weighted by Gasteiger charge is -2.40. The summed E-state index contributed by atoms with van der Waals surface area (Å²) in [6, 6.07) is -1.51. The van der Waals surface area contributed by atoms with Gasteiger partial charge in [0.2, 0.25) is 5.43 Å². The van der Waals surface area contributed by atoms with Crippen LogP contribution in [0, 0.1) is 29.2 Å². The van der Waals surface area contributed by atoms with E-state index in [1.165, 1.54) is 9.80 Å². The number of nitrogens with one attached hydrogen (secondary N) is 1. The molecule has 5 rings (SSSR count). The van der Waals surface area contributed by atoms with Crippen LogP contribution in [-0.4, -0.2) is 69.9 Å². The highest BCUT2D eigenvalue weighted by molar-refractivity contribution is 5.97. The number of alkyl halides is 3. The molecule has 1 aliphatic heterocycles. The summed E-state index contributed by atoms with van der Waals surface area (Å²) < 4.78 is 107. The number of halogens is 7. The number of rotatable bonds is 5. The first-order valence-corrected chi connectivity index (χ1v) is 14.4. The van der Waals surface area contributed by atoms with E-state index in [2.05, 4.69) is 4.98 Å². The number of fused-ring (bicyclic) bond motifs is 1. The molecule has 1 saturated heterocycles. The van der Waals surface area contributed by atoms with Crippen molar-refractivity contribution in [3.63, 3.8) is 0 Å². The lowest BCUT2D eigenvalue weighted by molar-refractivity contribution is -0.158. The van der Waals surface area contributed by atoms with E-state index in [4.69, 9.17) is 4.74 Å². The average molecular weight is 658 g/mol. The molecule has 1 N–H and O–H groups in total. The predicted octanol–water partition coefficient (Wildman–Crippen LogP) is 5.46. The minimum Gasteiger partial charge on any atom is -0.444 e. The Morgan fingerprint density at radius 3 is 2.17 bits per heavy atom. The van der Waals surface area contributed by atoms with Crippen LogP contribution < -0.4 is 15.6 Å². The van der Waals surface area contributed by atoms with E-state index in [1.54, 1.807) is 33.0 Å². The number of carbonyl (C=O) groups is 2. The Hall–Kier alpha value is -4.37. The third kappa shape index (κ3) is 6.60. The molecule has 3 heterocycles. The fourth-order valence-electron chi connectivity index (χ4n) is 5.39. The molecule has 0 spiro atoms. The first kappa shape index (κ1) is 33.0. The van der Waals surface area contributed by atoms with Crippen molar-refractivity contribution < 1.29 is 45.1 Å². The zero-order chi connectivity index (χ0) is 33.9. The zero-order valence-electron chi connectivity index (χ0n) is 25.1. The fourth-order valence-corrected chi connectivity index (χ4v) is 5.39. The molecule has 46 heavy (non-hydrogen) atoms. The number of carbonyl (C=O) groups excluding carboxylic acids is 2. The molecule has 1 aliphatic carbocycles. The molecule has 1 saturated carbocycles. The molecule has 3 aromatic rings. The maximum absolute atomic E-state index is 15.6. The third-order valence-electron chi connectivity index (χ3n) is 7.67. The van der Waals surface area contributed by atoms with Crippen molar-refractivity contribution in [3.05, 3.63) is 63.5 Å². The number of anilines is 1. The summed E-state index contributed by atoms with van der Waals surface area (Å²) in [4.78, 5) is 46.2. The van der Waals surface area contributed by atoms with Gasteiger partial charge in [0.1, 0.15) is 28.7 Å². The second-order valence-corrected chi connectivity index (χ2v) is 12.4. The smallest absolute Gasteiger partial charge is 0.410 e. The van der Waals surface area contributed by atoms with Crippen LogP contribution in [0.4, 0.5) is 41.3 Å². The SMILES string of the molecule is C[C@H]1CN(c2nc3c(cc2F)c(=O)c(C(=O)NC(C2CC2)C(F)(F)F)cn3-c2c(F)cc(F)cc2F)CCN1C(=O)OC(C)(C)C. The maximum Gasteiger partial charge on any atom is 0.410 e. The van der Waals surface area contributed by atoms with Crippen molar-refractivity contribution >= 4 is 28.9 Å². The number of ether oxygens (including phenoxy) is 1. The molecule has 2 aliphatic rings. The van der Waals surface area contributed by atoms with Crippen molar-refractivity contribution in [2.24, 2.45) is 5.92 Å². The molecule has 248 valence electrons. The highest BCUT2D eigenvalue weighted by Gasteiger charge is 2.50. The van der Waals surface area contributed by atoms with Crippen molar-refractivity contribution in [1.82, 2.24) is 19.8 Å². The summed E-state index contributed by atoms with van der Waals surface area (Å²) in [5.74, 6) is -8.16. The minimum atomic E-state index is -4.85. The van der Waals surface area contributed by atoms with Gasteiger partial charge in [-0.05, 0) is 52.5 Å². The highest BCUT2D eigenvalue weighted by Crippen LogP contribution is 2.40. The van der Waals surface area contributed by atoms with Gasteiger partial charge in [0.05, 0.1) is 5.39 Å². The Morgan fingerprint density at radius 2 is 1.63 bits per heavy atom. The van der Waals surface area contributed by atoms with E-state index < -0.39 is 92.8 Å². The molecule has 2 atom stereocenters. The van der Waals surface area contributed by atoms with Gasteiger partial charge in [0, 0.05) is 44.0 Å². The number of pyridine rings is 2. The maximum atomic E-state index is 15.6. The van der Waals surface area contributed by atoms with E-state index in [0.29, 0.717) is 29.0 Å². The molecule has 0 bridgehead atoms. The third-order valence-corrected chi connectivity index (χ3v) is 7.67. The highest BCUT2D eigenvalue weighted by atomic mass is 19.4. The molecule has 9 nitrogen and oxygen atoms in total. The van der Waals surface area contributed by atoms with E-state index in [-0.39, 0.29) is 38.3 Å². The second-order valence-electron chi connectivity index (χ2n) is 12.4. The molecule has 16 heteroatoms. The number of nitrogens with zero attached hydrogens (tertiary/aromatic N) is 4. The predicted molar refractivity (Wildman–Crippen MR) is 152 cm³/mol. The van der Waals surface area contributed by atoms with Gasteiger partial charge in [0.25, 0.3) is 5.91 Å². The second kappa shape index (κ2) is 11.8. The van der Waals surface area contributed by atoms with Gasteiger partial charge < -0.3 is 19.9 Å². The molecule has 1 aromatic carbocycles. The molecular formula is C30H30F7N5O4. The number of aromatic nitrogens is 2. The molecular weight excluding hydrogens is 627 g/mol. The van der Waals surface area contributed by atoms with Crippen LogP contribution in [-0.2, 0) is 4.74 Å². The number of hydrogen-bond donors (Lipinski definition) is 1. The largest absolute Gasteiger partial charge is 0.444 e. The van der Waals surface area contributed by atoms with Gasteiger partial charge in [-0.25, -0.2) is 27.3 Å². The summed E-state index contributed by atoms with van der Waals surface area (Å²) >= 11 is 0. The number of piperazine rings is 1. The van der Waals surface area contributed by atoms with Gasteiger partial charge in [-0.3, -0.25) is 14.2 Å². The first-order valence-electron chi connectivity index (χ1n) is 14.4. The summed E-state index contributed by atoms with van der Waals surface area (Å²) in [5.41, 5.74) is -4.55. The van der Waals surface area contributed by atoms with Crippen LogP contribution in [0.2, 0.25) is 0 Å². The normalized spacial score (nSPS) is 18.1. The topological polar surface area (TPSA) is 96.8 Å². The van der Waals surface area contributed by atoms with Crippen molar-refractivity contribution in [2.75, 3.05) is 24.5 Å². The Bertz CT molecular complexity index is 1740. The summed E-state index contributed by atoms with van der Waals surface area (Å²) in [6.07, 6.45) is -4.49. The summed E-state index contributed by atoms with van der Waals surface area (Å²) in [7, 11) is 0. The summed E-state index contributed by atoms with van der Waals surface area (Å²) in [5, 5.41) is 1.10. The van der Waals surface area contributed by atoms with Gasteiger partial charge in [-0.1, -0.05) is 0 Å². The summed E-state index contributed by atoms with van der Waals surface area (Å²) in [6.45, 7) is 6.90. The Labute approximate surface area is 257 Å². The van der Waals surface area contributed by atoms with Gasteiger partial charge in [-0.2, -0.15) is 13.2 Å². The Balaban J connectivity index is 1.61. The number of benzene rings is 1. The van der Waals surface area contributed by atoms with Crippen LogP contribution in [0.15, 0.2) is 29.2 Å². The van der Waals surface area contributed by atoms with Crippen LogP contribution >= 0.6 is 0 Å². The van der Waals surface area contributed by atoms with Gasteiger partial charge >= 0.3 is 12.3 Å². The Morgan fingerprint density at radius 1 is 1.00 bits per heavy atom. The first-order chi connectivity index (χ1) is 21.4. The van der Waals surface area contributed by atoms with Crippen molar-refractivity contribution in [1.29, 1.82) is 0 Å². The van der Waals surface area contributed by atoms with Gasteiger partial charge in [-0.15, -0.1) is 0 Å². The standard InChI is InChI=1S/C30H30F7N5O4/c1-14-12-40(7-8-41(14)28(45)46-29(2,3)4)26-21(34)11-17-23(43)18(27(44)38-24(15-5-6-15)30(35,36)37)13-42(25(17)39-26)22-19(32)9-16(31)10-20(22)33/h9-11,13-15,24H,5-8,12H2,1-4H3,(H,38,44)/t14-,24?/m0/s1. The van der Waals surface area contributed by atoms with Crippen LogP contribution in [0.5, 0.6) is 0 Å². The number of amides is 2. The van der Waals surface area contributed by atoms with Crippen LogP contribution in [0.1, 0.15) is 50.9 Å². The fraction of sp³-hybridized carbons (Fsp3) is 0.467. The van der Waals surface area contributed by atoms with E-state index in [0.717, 1.165) is 0 Å². The van der Waals surface area contributed by atoms with Crippen LogP contribution in [0.3, 0.4) is 0 Å². The molecule has 2 fully saturated rings. The monoisotopic (exact) mass is 657 g/mol. The zero-order valence-corrected chi connectivity index (χ0v) is 25.1. The average Bonchev–Trinajstić information content (AvgIpc) is 3.75. The molecule has 2 amide bonds. The van der Waals surface area contributed by atoms with E-state index in [9.17, 15) is 31.9 Å². The lowest BCUT2D eigenvalue weighted by atomic mass is 10.1.